The van der Waals surface area contributed by atoms with Gasteiger partial charge >= 0.3 is 0 Å². The maximum absolute atomic E-state index is 5.05. The molecule has 0 aromatic heterocycles. The molecule has 0 atom stereocenters. The van der Waals surface area contributed by atoms with Gasteiger partial charge in [0.15, 0.2) is 0 Å². The molecule has 0 aliphatic carbocycles. The molecule has 0 saturated heterocycles. The minimum Gasteiger partial charge on any atom is -0.383 e. The molecule has 1 aromatic rings. The molecule has 0 aliphatic rings. The van der Waals surface area contributed by atoms with Crippen LogP contribution in [0.5, 0.6) is 0 Å². The fourth-order valence-electron chi connectivity index (χ4n) is 1.60. The van der Waals surface area contributed by atoms with E-state index < -0.39 is 0 Å². The summed E-state index contributed by atoms with van der Waals surface area (Å²) < 4.78 is 5.05. The van der Waals surface area contributed by atoms with Crippen LogP contribution in [-0.4, -0.2) is 39.3 Å². The Bertz CT molecular complexity index is 284. The van der Waals surface area contributed by atoms with Crippen LogP contribution in [0.25, 0.3) is 0 Å². The molecular weight excluding hydrogens is 200 g/mol. The zero-order valence-corrected chi connectivity index (χ0v) is 10.5. The second kappa shape index (κ2) is 7.39. The van der Waals surface area contributed by atoms with E-state index in [9.17, 15) is 0 Å². The summed E-state index contributed by atoms with van der Waals surface area (Å²) in [5, 5.41) is 3.15. The van der Waals surface area contributed by atoms with Crippen molar-refractivity contribution in [2.75, 3.05) is 34.4 Å². The van der Waals surface area contributed by atoms with Gasteiger partial charge in [0.05, 0.1) is 6.61 Å². The van der Waals surface area contributed by atoms with E-state index in [2.05, 4.69) is 41.5 Å². The molecule has 1 N–H and O–H groups in total. The SMILES string of the molecule is CNCc1ccc(CN(C)CCOC)cc1. The van der Waals surface area contributed by atoms with Crippen molar-refractivity contribution in [3.63, 3.8) is 0 Å². The van der Waals surface area contributed by atoms with Crippen molar-refractivity contribution < 1.29 is 4.74 Å². The van der Waals surface area contributed by atoms with Crippen molar-refractivity contribution in [2.24, 2.45) is 0 Å². The number of hydrogen-bond donors (Lipinski definition) is 1. The van der Waals surface area contributed by atoms with Gasteiger partial charge in [-0.25, -0.2) is 0 Å². The van der Waals surface area contributed by atoms with Crippen LogP contribution >= 0.6 is 0 Å². The van der Waals surface area contributed by atoms with E-state index in [4.69, 9.17) is 4.74 Å². The number of hydrogen-bond acceptors (Lipinski definition) is 3. The van der Waals surface area contributed by atoms with Gasteiger partial charge in [-0.1, -0.05) is 24.3 Å². The van der Waals surface area contributed by atoms with E-state index >= 15 is 0 Å². The number of benzene rings is 1. The molecule has 0 amide bonds. The van der Waals surface area contributed by atoms with Crippen molar-refractivity contribution in [3.05, 3.63) is 35.4 Å². The third-order valence-corrected chi connectivity index (χ3v) is 2.53. The summed E-state index contributed by atoms with van der Waals surface area (Å²) in [6, 6.07) is 8.73. The Kier molecular flexibility index (Phi) is 6.08. The minimum absolute atomic E-state index is 0.786. The first kappa shape index (κ1) is 13.2. The maximum atomic E-state index is 5.05. The topological polar surface area (TPSA) is 24.5 Å². The van der Waals surface area contributed by atoms with Gasteiger partial charge in [0.1, 0.15) is 0 Å². The lowest BCUT2D eigenvalue weighted by molar-refractivity contribution is 0.158. The van der Waals surface area contributed by atoms with Crippen LogP contribution in [0, 0.1) is 0 Å². The highest BCUT2D eigenvalue weighted by Gasteiger charge is 1.99. The van der Waals surface area contributed by atoms with Gasteiger partial charge in [0.25, 0.3) is 0 Å². The average molecular weight is 222 g/mol. The minimum atomic E-state index is 0.786. The molecule has 0 aliphatic heterocycles. The zero-order chi connectivity index (χ0) is 11.8. The Morgan fingerprint density at radius 3 is 2.38 bits per heavy atom. The van der Waals surface area contributed by atoms with E-state index in [1.165, 1.54) is 11.1 Å². The van der Waals surface area contributed by atoms with Crippen molar-refractivity contribution >= 4 is 0 Å². The van der Waals surface area contributed by atoms with Gasteiger partial charge in [0.2, 0.25) is 0 Å². The predicted octanol–water partition coefficient (Wildman–Crippen LogP) is 1.48. The van der Waals surface area contributed by atoms with Crippen LogP contribution in [-0.2, 0) is 17.8 Å². The smallest absolute Gasteiger partial charge is 0.0589 e. The van der Waals surface area contributed by atoms with Crippen LogP contribution < -0.4 is 5.32 Å². The van der Waals surface area contributed by atoms with Crippen LogP contribution in [0.1, 0.15) is 11.1 Å². The third-order valence-electron chi connectivity index (χ3n) is 2.53. The zero-order valence-electron chi connectivity index (χ0n) is 10.5. The molecule has 0 radical (unpaired) electrons. The molecule has 0 saturated carbocycles. The standard InChI is InChI=1S/C13H22N2O/c1-14-10-12-4-6-13(7-5-12)11-15(2)8-9-16-3/h4-7,14H,8-11H2,1-3H3. The summed E-state index contributed by atoms with van der Waals surface area (Å²) in [5.74, 6) is 0. The summed E-state index contributed by atoms with van der Waals surface area (Å²) in [5.41, 5.74) is 2.67. The maximum Gasteiger partial charge on any atom is 0.0589 e. The summed E-state index contributed by atoms with van der Waals surface area (Å²) in [6.07, 6.45) is 0. The summed E-state index contributed by atoms with van der Waals surface area (Å²) in [6.45, 7) is 3.66. The Balaban J connectivity index is 2.41. The average Bonchev–Trinajstić information content (AvgIpc) is 2.29. The first-order chi connectivity index (χ1) is 7.76. The number of methoxy groups -OCH3 is 1. The largest absolute Gasteiger partial charge is 0.383 e. The molecular formula is C13H22N2O. The van der Waals surface area contributed by atoms with Crippen molar-refractivity contribution in [1.29, 1.82) is 0 Å². The van der Waals surface area contributed by atoms with Gasteiger partial charge in [0, 0.05) is 26.7 Å². The lowest BCUT2D eigenvalue weighted by atomic mass is 10.1. The highest BCUT2D eigenvalue weighted by molar-refractivity contribution is 5.22. The van der Waals surface area contributed by atoms with Crippen LogP contribution in [0.2, 0.25) is 0 Å². The highest BCUT2D eigenvalue weighted by atomic mass is 16.5. The van der Waals surface area contributed by atoms with Gasteiger partial charge in [-0.15, -0.1) is 0 Å². The number of rotatable bonds is 7. The second-order valence-electron chi connectivity index (χ2n) is 4.08. The van der Waals surface area contributed by atoms with E-state index in [0.717, 1.165) is 26.2 Å². The molecule has 1 rings (SSSR count). The van der Waals surface area contributed by atoms with E-state index in [1.807, 2.05) is 7.05 Å². The summed E-state index contributed by atoms with van der Waals surface area (Å²) in [7, 11) is 5.81. The van der Waals surface area contributed by atoms with E-state index in [-0.39, 0.29) is 0 Å². The highest BCUT2D eigenvalue weighted by Crippen LogP contribution is 2.06. The molecule has 16 heavy (non-hydrogen) atoms. The van der Waals surface area contributed by atoms with E-state index in [0.29, 0.717) is 0 Å². The molecule has 0 unspecified atom stereocenters. The van der Waals surface area contributed by atoms with Gasteiger partial charge in [-0.3, -0.25) is 4.90 Å². The van der Waals surface area contributed by atoms with Gasteiger partial charge in [-0.05, 0) is 25.2 Å². The fraction of sp³-hybridized carbons (Fsp3) is 0.538. The third kappa shape index (κ3) is 4.75. The number of ether oxygens (including phenoxy) is 1. The molecule has 0 bridgehead atoms. The number of likely N-dealkylation sites (N-methyl/N-ethyl adjacent to an activating group) is 1. The van der Waals surface area contributed by atoms with Crippen LogP contribution in [0.4, 0.5) is 0 Å². The quantitative estimate of drug-likeness (QED) is 0.756. The van der Waals surface area contributed by atoms with Gasteiger partial charge < -0.3 is 10.1 Å². The predicted molar refractivity (Wildman–Crippen MR) is 67.4 cm³/mol. The van der Waals surface area contributed by atoms with Crippen molar-refractivity contribution in [1.82, 2.24) is 10.2 Å². The molecule has 90 valence electrons. The van der Waals surface area contributed by atoms with Gasteiger partial charge in [-0.2, -0.15) is 0 Å². The first-order valence-corrected chi connectivity index (χ1v) is 5.66. The monoisotopic (exact) mass is 222 g/mol. The van der Waals surface area contributed by atoms with Crippen LogP contribution in [0.3, 0.4) is 0 Å². The molecule has 0 spiro atoms. The lowest BCUT2D eigenvalue weighted by Gasteiger charge is -2.16. The normalized spacial score (nSPS) is 11.0. The summed E-state index contributed by atoms with van der Waals surface area (Å²) >= 11 is 0. The number of nitrogens with one attached hydrogen (secondary N) is 1. The van der Waals surface area contributed by atoms with Crippen molar-refractivity contribution in [3.8, 4) is 0 Å². The Hall–Kier alpha value is -0.900. The summed E-state index contributed by atoms with van der Waals surface area (Å²) in [4.78, 5) is 2.26. The molecule has 0 heterocycles. The first-order valence-electron chi connectivity index (χ1n) is 5.66. The number of nitrogens with zero attached hydrogens (tertiary/aromatic N) is 1. The Morgan fingerprint density at radius 1 is 1.19 bits per heavy atom. The Morgan fingerprint density at radius 2 is 1.81 bits per heavy atom. The fourth-order valence-corrected chi connectivity index (χ4v) is 1.60. The lowest BCUT2D eigenvalue weighted by Crippen LogP contribution is -2.22. The molecule has 1 aromatic carbocycles. The van der Waals surface area contributed by atoms with Crippen molar-refractivity contribution in [2.45, 2.75) is 13.1 Å². The molecule has 3 nitrogen and oxygen atoms in total. The van der Waals surface area contributed by atoms with E-state index in [1.54, 1.807) is 7.11 Å². The molecule has 3 heteroatoms. The van der Waals surface area contributed by atoms with Crippen LogP contribution in [0.15, 0.2) is 24.3 Å². The second-order valence-corrected chi connectivity index (χ2v) is 4.08. The Labute approximate surface area is 98.4 Å². The molecule has 0 fully saturated rings.